The molecule has 0 radical (unpaired) electrons. The van der Waals surface area contributed by atoms with E-state index in [1.165, 1.54) is 0 Å². The third-order valence-corrected chi connectivity index (χ3v) is 5.23. The molecule has 6 heteroatoms. The number of nitrogens with zero attached hydrogens (tertiary/aromatic N) is 2. The number of hydrogen-bond donors (Lipinski definition) is 1. The van der Waals surface area contributed by atoms with Crippen LogP contribution in [0.2, 0.25) is 0 Å². The minimum Gasteiger partial charge on any atom is -0.488 e. The lowest BCUT2D eigenvalue weighted by molar-refractivity contribution is -0.135. The third kappa shape index (κ3) is 4.11. The minimum atomic E-state index is -0.225. The van der Waals surface area contributed by atoms with Crippen LogP contribution >= 0.6 is 0 Å². The van der Waals surface area contributed by atoms with E-state index in [0.29, 0.717) is 13.2 Å². The van der Waals surface area contributed by atoms with E-state index in [9.17, 15) is 4.79 Å². The molecular weight excluding hydrogens is 342 g/mol. The van der Waals surface area contributed by atoms with Crippen molar-refractivity contribution in [1.29, 1.82) is 0 Å². The standard InChI is InChI=1S/C21H25N3O3/c1-21(2)11-15(5-8-26-21)20(25)24-12-17-10-16-9-14(3-4-19(16)27-17)18-13-22-6-7-23-18/h3-4,6-7,9,13,15,17H,5,8,10-12H2,1-2H3,(H,24,25)/t15-,17+/m0/s1. The Labute approximate surface area is 159 Å². The molecule has 1 N–H and O–H groups in total. The minimum absolute atomic E-state index is 0.0146. The molecule has 0 spiro atoms. The van der Waals surface area contributed by atoms with Gasteiger partial charge in [0.25, 0.3) is 0 Å². The lowest BCUT2D eigenvalue weighted by Gasteiger charge is -2.34. The largest absolute Gasteiger partial charge is 0.488 e. The molecule has 0 aliphatic carbocycles. The highest BCUT2D eigenvalue weighted by Gasteiger charge is 2.33. The Morgan fingerprint density at radius 3 is 3.00 bits per heavy atom. The summed E-state index contributed by atoms with van der Waals surface area (Å²) in [6.07, 6.45) is 7.39. The Hall–Kier alpha value is -2.47. The molecule has 2 aliphatic rings. The van der Waals surface area contributed by atoms with Crippen LogP contribution in [0.3, 0.4) is 0 Å². The van der Waals surface area contributed by atoms with Gasteiger partial charge in [0.2, 0.25) is 5.91 Å². The Balaban J connectivity index is 1.34. The number of rotatable bonds is 4. The first kappa shape index (κ1) is 17.9. The van der Waals surface area contributed by atoms with Crippen LogP contribution in [0.15, 0.2) is 36.8 Å². The van der Waals surface area contributed by atoms with Crippen molar-refractivity contribution in [3.05, 3.63) is 42.4 Å². The number of fused-ring (bicyclic) bond motifs is 1. The smallest absolute Gasteiger partial charge is 0.223 e. The Morgan fingerprint density at radius 1 is 1.33 bits per heavy atom. The van der Waals surface area contributed by atoms with Crippen molar-refractivity contribution in [1.82, 2.24) is 15.3 Å². The van der Waals surface area contributed by atoms with Gasteiger partial charge in [0.1, 0.15) is 11.9 Å². The number of benzene rings is 1. The third-order valence-electron chi connectivity index (χ3n) is 5.23. The summed E-state index contributed by atoms with van der Waals surface area (Å²) in [6, 6.07) is 6.07. The average molecular weight is 367 g/mol. The zero-order chi connectivity index (χ0) is 18.9. The summed E-state index contributed by atoms with van der Waals surface area (Å²) >= 11 is 0. The molecule has 1 amide bonds. The summed E-state index contributed by atoms with van der Waals surface area (Å²) in [5, 5.41) is 3.07. The second-order valence-corrected chi connectivity index (χ2v) is 7.90. The van der Waals surface area contributed by atoms with Crippen LogP contribution in [0.1, 0.15) is 32.3 Å². The van der Waals surface area contributed by atoms with E-state index in [1.807, 2.05) is 26.0 Å². The quantitative estimate of drug-likeness (QED) is 0.900. The highest BCUT2D eigenvalue weighted by Crippen LogP contribution is 2.32. The van der Waals surface area contributed by atoms with Crippen LogP contribution in [0.25, 0.3) is 11.3 Å². The summed E-state index contributed by atoms with van der Waals surface area (Å²) in [5.41, 5.74) is 2.79. The first-order valence-electron chi connectivity index (χ1n) is 9.48. The van der Waals surface area contributed by atoms with Gasteiger partial charge in [-0.3, -0.25) is 14.8 Å². The molecule has 2 aromatic rings. The molecule has 2 atom stereocenters. The number of nitrogens with one attached hydrogen (secondary N) is 1. The zero-order valence-corrected chi connectivity index (χ0v) is 15.8. The molecule has 4 rings (SSSR count). The molecule has 6 nitrogen and oxygen atoms in total. The van der Waals surface area contributed by atoms with Crippen molar-refractivity contribution < 1.29 is 14.3 Å². The lowest BCUT2D eigenvalue weighted by Crippen LogP contribution is -2.43. The van der Waals surface area contributed by atoms with Gasteiger partial charge in [-0.25, -0.2) is 0 Å². The van der Waals surface area contributed by atoms with Crippen LogP contribution in [0.5, 0.6) is 5.75 Å². The van der Waals surface area contributed by atoms with Crippen LogP contribution in [-0.4, -0.2) is 40.7 Å². The molecule has 142 valence electrons. The van der Waals surface area contributed by atoms with Gasteiger partial charge in [-0.1, -0.05) is 0 Å². The van der Waals surface area contributed by atoms with E-state index in [2.05, 4.69) is 21.4 Å². The summed E-state index contributed by atoms with van der Waals surface area (Å²) in [4.78, 5) is 21.0. The molecule has 0 bridgehead atoms. The van der Waals surface area contributed by atoms with Crippen LogP contribution in [0, 0.1) is 5.92 Å². The van der Waals surface area contributed by atoms with Gasteiger partial charge in [0.15, 0.2) is 0 Å². The van der Waals surface area contributed by atoms with E-state index in [1.54, 1.807) is 18.6 Å². The maximum Gasteiger partial charge on any atom is 0.223 e. The number of aromatic nitrogens is 2. The van der Waals surface area contributed by atoms with Gasteiger partial charge in [-0.05, 0) is 50.5 Å². The fourth-order valence-corrected chi connectivity index (χ4v) is 3.86. The van der Waals surface area contributed by atoms with Crippen LogP contribution < -0.4 is 10.1 Å². The van der Waals surface area contributed by atoms with Gasteiger partial charge in [0.05, 0.1) is 24.0 Å². The second-order valence-electron chi connectivity index (χ2n) is 7.90. The first-order valence-corrected chi connectivity index (χ1v) is 9.48. The zero-order valence-electron chi connectivity index (χ0n) is 15.8. The van der Waals surface area contributed by atoms with Crippen molar-refractivity contribution in [2.24, 2.45) is 5.92 Å². The molecular formula is C21H25N3O3. The maximum atomic E-state index is 12.5. The summed E-state index contributed by atoms with van der Waals surface area (Å²) in [5.74, 6) is 1.00. The SMILES string of the molecule is CC1(C)C[C@@H](C(=O)NC[C@H]2Cc3cc(-c4cnccn4)ccc3O2)CCO1. The van der Waals surface area contributed by atoms with Gasteiger partial charge < -0.3 is 14.8 Å². The molecule has 1 aromatic heterocycles. The van der Waals surface area contributed by atoms with E-state index in [-0.39, 0.29) is 23.5 Å². The Kier molecular flexibility index (Phi) is 4.83. The molecule has 1 fully saturated rings. The van der Waals surface area contributed by atoms with E-state index >= 15 is 0 Å². The van der Waals surface area contributed by atoms with Crippen molar-refractivity contribution in [2.75, 3.05) is 13.2 Å². The molecule has 0 saturated carbocycles. The number of carbonyl (C=O) groups excluding carboxylic acids is 1. The number of amides is 1. The topological polar surface area (TPSA) is 73.3 Å². The predicted octanol–water partition coefficient (Wildman–Crippen LogP) is 2.77. The Bertz CT molecular complexity index is 823. The van der Waals surface area contributed by atoms with Gasteiger partial charge >= 0.3 is 0 Å². The van der Waals surface area contributed by atoms with E-state index < -0.39 is 0 Å². The van der Waals surface area contributed by atoms with Crippen molar-refractivity contribution in [2.45, 2.75) is 44.8 Å². The average Bonchev–Trinajstić information content (AvgIpc) is 3.08. The summed E-state index contributed by atoms with van der Waals surface area (Å²) in [7, 11) is 0. The van der Waals surface area contributed by atoms with E-state index in [4.69, 9.17) is 9.47 Å². The molecule has 3 heterocycles. The molecule has 2 aliphatic heterocycles. The lowest BCUT2D eigenvalue weighted by atomic mass is 9.88. The molecule has 0 unspecified atom stereocenters. The van der Waals surface area contributed by atoms with Gasteiger partial charge in [-0.2, -0.15) is 0 Å². The second kappa shape index (κ2) is 7.27. The number of ether oxygens (including phenoxy) is 2. The maximum absolute atomic E-state index is 12.5. The Morgan fingerprint density at radius 2 is 2.22 bits per heavy atom. The molecule has 1 saturated heterocycles. The molecule has 1 aromatic carbocycles. The highest BCUT2D eigenvalue weighted by atomic mass is 16.5. The normalized spacial score (nSPS) is 23.3. The van der Waals surface area contributed by atoms with Crippen molar-refractivity contribution >= 4 is 5.91 Å². The van der Waals surface area contributed by atoms with E-state index in [0.717, 1.165) is 41.8 Å². The fraction of sp³-hybridized carbons (Fsp3) is 0.476. The summed E-state index contributed by atoms with van der Waals surface area (Å²) in [6.45, 7) is 5.24. The highest BCUT2D eigenvalue weighted by molar-refractivity contribution is 5.78. The predicted molar refractivity (Wildman–Crippen MR) is 101 cm³/mol. The summed E-state index contributed by atoms with van der Waals surface area (Å²) < 4.78 is 11.7. The van der Waals surface area contributed by atoms with Gasteiger partial charge in [-0.15, -0.1) is 0 Å². The first-order chi connectivity index (χ1) is 13.0. The van der Waals surface area contributed by atoms with Crippen LogP contribution in [0.4, 0.5) is 0 Å². The fourth-order valence-electron chi connectivity index (χ4n) is 3.86. The van der Waals surface area contributed by atoms with Crippen molar-refractivity contribution in [3.8, 4) is 17.0 Å². The van der Waals surface area contributed by atoms with Gasteiger partial charge in [0, 0.05) is 36.9 Å². The van der Waals surface area contributed by atoms with Crippen molar-refractivity contribution in [3.63, 3.8) is 0 Å². The number of hydrogen-bond acceptors (Lipinski definition) is 5. The molecule has 27 heavy (non-hydrogen) atoms. The monoisotopic (exact) mass is 367 g/mol. The number of carbonyl (C=O) groups is 1. The van der Waals surface area contributed by atoms with Crippen LogP contribution in [-0.2, 0) is 16.0 Å².